The number of nitrogens with one attached hydrogen (secondary N) is 1. The summed E-state index contributed by atoms with van der Waals surface area (Å²) in [6, 6.07) is 17.8. The minimum Gasteiger partial charge on any atom is -0.497 e. The molecule has 1 atom stereocenters. The van der Waals surface area contributed by atoms with E-state index >= 15 is 0 Å². The van der Waals surface area contributed by atoms with Crippen LogP contribution in [0.2, 0.25) is 0 Å². The quantitative estimate of drug-likeness (QED) is 0.543. The average Bonchev–Trinajstić information content (AvgIpc) is 3.17. The summed E-state index contributed by atoms with van der Waals surface area (Å²) in [5, 5.41) is 12.2. The number of carbonyl (C=O) groups is 1. The molecule has 1 heterocycles. The van der Waals surface area contributed by atoms with Gasteiger partial charge in [-0.2, -0.15) is 0 Å². The molecule has 0 aliphatic rings. The number of aromatic nitrogens is 3. The van der Waals surface area contributed by atoms with E-state index in [1.807, 2.05) is 66.1 Å². The molecule has 0 bridgehead atoms. The zero-order chi connectivity index (χ0) is 20.6. The maximum Gasteiger partial charge on any atom is 0.233 e. The topological polar surface area (TPSA) is 69.0 Å². The van der Waals surface area contributed by atoms with Crippen LogP contribution in [0.5, 0.6) is 5.75 Å². The van der Waals surface area contributed by atoms with E-state index in [4.69, 9.17) is 4.74 Å². The van der Waals surface area contributed by atoms with Crippen LogP contribution in [-0.2, 0) is 17.8 Å². The van der Waals surface area contributed by atoms with Crippen LogP contribution in [0.25, 0.3) is 11.4 Å². The minimum absolute atomic E-state index is 0.00424. The van der Waals surface area contributed by atoms with Crippen molar-refractivity contribution < 1.29 is 9.53 Å². The zero-order valence-corrected chi connectivity index (χ0v) is 17.8. The van der Waals surface area contributed by atoms with Crippen molar-refractivity contribution in [2.45, 2.75) is 37.2 Å². The molecule has 0 saturated heterocycles. The van der Waals surface area contributed by atoms with E-state index in [1.165, 1.54) is 11.8 Å². The molecule has 0 spiro atoms. The first-order valence-electron chi connectivity index (χ1n) is 9.68. The molecule has 2 aromatic carbocycles. The fraction of sp³-hybridized carbons (Fsp3) is 0.318. The van der Waals surface area contributed by atoms with E-state index in [0.717, 1.165) is 40.8 Å². The minimum atomic E-state index is -0.260. The van der Waals surface area contributed by atoms with Crippen LogP contribution in [0.15, 0.2) is 59.8 Å². The molecule has 0 saturated carbocycles. The van der Waals surface area contributed by atoms with Gasteiger partial charge in [-0.1, -0.05) is 54.2 Å². The molecule has 152 valence electrons. The molecule has 7 heteroatoms. The molecule has 0 radical (unpaired) electrons. The molecule has 0 fully saturated rings. The Bertz CT molecular complexity index is 926. The van der Waals surface area contributed by atoms with Gasteiger partial charge in [0.2, 0.25) is 5.91 Å². The Morgan fingerprint density at radius 1 is 1.14 bits per heavy atom. The molecule has 0 aliphatic carbocycles. The maximum atomic E-state index is 12.5. The number of hydrogen-bond acceptors (Lipinski definition) is 5. The smallest absolute Gasteiger partial charge is 0.233 e. The van der Waals surface area contributed by atoms with Crippen LogP contribution in [0.4, 0.5) is 0 Å². The second kappa shape index (κ2) is 10.1. The van der Waals surface area contributed by atoms with E-state index in [1.54, 1.807) is 7.11 Å². The lowest BCUT2D eigenvalue weighted by atomic mass is 10.1. The number of nitrogens with zero attached hydrogens (tertiary/aromatic N) is 3. The van der Waals surface area contributed by atoms with Gasteiger partial charge in [-0.25, -0.2) is 0 Å². The van der Waals surface area contributed by atoms with Crippen LogP contribution >= 0.6 is 11.8 Å². The lowest BCUT2D eigenvalue weighted by Crippen LogP contribution is -2.32. The lowest BCUT2D eigenvalue weighted by Gasteiger charge is -2.13. The fourth-order valence-electron chi connectivity index (χ4n) is 2.94. The number of ether oxygens (including phenoxy) is 1. The predicted molar refractivity (Wildman–Crippen MR) is 116 cm³/mol. The molecule has 3 rings (SSSR count). The Kier molecular flexibility index (Phi) is 7.30. The summed E-state index contributed by atoms with van der Waals surface area (Å²) in [5.41, 5.74) is 2.18. The van der Waals surface area contributed by atoms with Gasteiger partial charge in [0.25, 0.3) is 0 Å². The van der Waals surface area contributed by atoms with Crippen molar-refractivity contribution in [1.82, 2.24) is 20.1 Å². The number of thioether (sulfide) groups is 1. The molecule has 1 amide bonds. The monoisotopic (exact) mass is 410 g/mol. The van der Waals surface area contributed by atoms with E-state index in [9.17, 15) is 4.79 Å². The summed E-state index contributed by atoms with van der Waals surface area (Å²) in [6.07, 6.45) is 0.774. The highest BCUT2D eigenvalue weighted by Crippen LogP contribution is 2.26. The molecule has 1 aromatic heterocycles. The van der Waals surface area contributed by atoms with E-state index in [-0.39, 0.29) is 11.2 Å². The van der Waals surface area contributed by atoms with Crippen LogP contribution < -0.4 is 10.1 Å². The Hall–Kier alpha value is -2.80. The maximum absolute atomic E-state index is 12.5. The van der Waals surface area contributed by atoms with Crippen molar-refractivity contribution >= 4 is 17.7 Å². The third-order valence-corrected chi connectivity index (χ3v) is 5.67. The third kappa shape index (κ3) is 5.38. The molecule has 3 aromatic rings. The molecule has 29 heavy (non-hydrogen) atoms. The zero-order valence-electron chi connectivity index (χ0n) is 17.0. The van der Waals surface area contributed by atoms with Crippen molar-refractivity contribution in [3.05, 3.63) is 60.2 Å². The fourth-order valence-corrected chi connectivity index (χ4v) is 3.88. The molecule has 6 nitrogen and oxygen atoms in total. The first-order valence-corrected chi connectivity index (χ1v) is 10.6. The van der Waals surface area contributed by atoms with Crippen molar-refractivity contribution in [2.75, 3.05) is 13.7 Å². The third-order valence-electron chi connectivity index (χ3n) is 4.59. The SMILES string of the molecule is CCn1c(S[C@@H](C)C(=O)NCCc2ccc(OC)cc2)nnc1-c1ccccc1. The molecule has 0 unspecified atom stereocenters. The number of hydrogen-bond donors (Lipinski definition) is 1. The van der Waals surface area contributed by atoms with Gasteiger partial charge in [0.05, 0.1) is 12.4 Å². The highest BCUT2D eigenvalue weighted by atomic mass is 32.2. The highest BCUT2D eigenvalue weighted by molar-refractivity contribution is 8.00. The second-order valence-corrected chi connectivity index (χ2v) is 7.87. The van der Waals surface area contributed by atoms with Gasteiger partial charge in [0.1, 0.15) is 5.75 Å². The van der Waals surface area contributed by atoms with Gasteiger partial charge in [-0.3, -0.25) is 4.79 Å². The molecule has 0 aliphatic heterocycles. The Morgan fingerprint density at radius 2 is 1.86 bits per heavy atom. The van der Waals surface area contributed by atoms with Gasteiger partial charge in [-0.05, 0) is 38.0 Å². The number of benzene rings is 2. The van der Waals surface area contributed by atoms with Crippen molar-refractivity contribution in [3.8, 4) is 17.1 Å². The van der Waals surface area contributed by atoms with Crippen LogP contribution in [-0.4, -0.2) is 39.6 Å². The Balaban J connectivity index is 1.56. The van der Waals surface area contributed by atoms with Crippen molar-refractivity contribution in [1.29, 1.82) is 0 Å². The summed E-state index contributed by atoms with van der Waals surface area (Å²) in [6.45, 7) is 5.28. The highest BCUT2D eigenvalue weighted by Gasteiger charge is 2.20. The van der Waals surface area contributed by atoms with Crippen LogP contribution in [0.1, 0.15) is 19.4 Å². The lowest BCUT2D eigenvalue weighted by molar-refractivity contribution is -0.120. The van der Waals surface area contributed by atoms with E-state index in [0.29, 0.717) is 6.54 Å². The van der Waals surface area contributed by atoms with Gasteiger partial charge in [-0.15, -0.1) is 10.2 Å². The number of rotatable bonds is 9. The summed E-state index contributed by atoms with van der Waals surface area (Å²) in [4.78, 5) is 12.5. The summed E-state index contributed by atoms with van der Waals surface area (Å²) in [5.74, 6) is 1.65. The largest absolute Gasteiger partial charge is 0.497 e. The first-order chi connectivity index (χ1) is 14.1. The van der Waals surface area contributed by atoms with Gasteiger partial charge in [0, 0.05) is 18.7 Å². The van der Waals surface area contributed by atoms with E-state index < -0.39 is 0 Å². The number of carbonyl (C=O) groups excluding carboxylic acids is 1. The Morgan fingerprint density at radius 3 is 2.52 bits per heavy atom. The Labute approximate surface area is 175 Å². The van der Waals surface area contributed by atoms with Crippen LogP contribution in [0, 0.1) is 0 Å². The van der Waals surface area contributed by atoms with Gasteiger partial charge < -0.3 is 14.6 Å². The standard InChI is InChI=1S/C22H26N4O2S/c1-4-26-20(18-8-6-5-7-9-18)24-25-22(26)29-16(2)21(27)23-15-14-17-10-12-19(28-3)13-11-17/h5-13,16H,4,14-15H2,1-3H3,(H,23,27)/t16-/m0/s1. The van der Waals surface area contributed by atoms with Crippen LogP contribution in [0.3, 0.4) is 0 Å². The molecular weight excluding hydrogens is 384 g/mol. The number of amides is 1. The van der Waals surface area contributed by atoms with Crippen molar-refractivity contribution in [3.63, 3.8) is 0 Å². The second-order valence-electron chi connectivity index (χ2n) is 6.57. The summed E-state index contributed by atoms with van der Waals surface area (Å²) >= 11 is 1.43. The van der Waals surface area contributed by atoms with E-state index in [2.05, 4.69) is 22.4 Å². The van der Waals surface area contributed by atoms with Crippen molar-refractivity contribution in [2.24, 2.45) is 0 Å². The van der Waals surface area contributed by atoms with Gasteiger partial charge >= 0.3 is 0 Å². The summed E-state index contributed by atoms with van der Waals surface area (Å²) in [7, 11) is 1.65. The summed E-state index contributed by atoms with van der Waals surface area (Å²) < 4.78 is 7.21. The molecule has 1 N–H and O–H groups in total. The van der Waals surface area contributed by atoms with Gasteiger partial charge in [0.15, 0.2) is 11.0 Å². The first kappa shape index (κ1) is 20.9. The average molecular weight is 411 g/mol. The number of methoxy groups -OCH3 is 1. The predicted octanol–water partition coefficient (Wildman–Crippen LogP) is 3.81. The normalized spacial score (nSPS) is 11.8. The molecular formula is C22H26N4O2S.